The van der Waals surface area contributed by atoms with E-state index < -0.39 is 12.0 Å². The first kappa shape index (κ1) is 36.6. The Bertz CT molecular complexity index is 1790. The zero-order chi connectivity index (χ0) is 36.1. The molecule has 8 heteroatoms. The van der Waals surface area contributed by atoms with Crippen molar-refractivity contribution in [1.82, 2.24) is 10.2 Å². The summed E-state index contributed by atoms with van der Waals surface area (Å²) in [7, 11) is 0. The molecule has 0 unspecified atom stereocenters. The van der Waals surface area contributed by atoms with Gasteiger partial charge in [-0.25, -0.2) is 0 Å². The van der Waals surface area contributed by atoms with Gasteiger partial charge in [0.1, 0.15) is 19.0 Å². The number of carbonyl (C=O) groups excluding carboxylic acids is 3. The standard InChI is InChI=1S/C44H48N2O6/c47-29-40-26-35-16-10-11-19-38(35)28-46(40)42(48)27-36-17-8-3-9-18-37(24-32-12-4-1-5-13-32)44(50)52-31-39(45-43(36)49)25-33-20-22-41(23-21-33)51-30-34-14-6-2-7-15-34/h1-8,10-16,19-23,36-37,39-40,47H,9,17-18,24-31H2,(H,45,49)/t36-,37-,39+,40+/m1/s1. The van der Waals surface area contributed by atoms with Crippen molar-refractivity contribution in [2.75, 3.05) is 13.2 Å². The van der Waals surface area contributed by atoms with Gasteiger partial charge in [0.05, 0.1) is 30.5 Å². The summed E-state index contributed by atoms with van der Waals surface area (Å²) in [5.41, 5.74) is 5.28. The lowest BCUT2D eigenvalue weighted by Gasteiger charge is -2.36. The highest BCUT2D eigenvalue weighted by molar-refractivity contribution is 5.86. The fourth-order valence-corrected chi connectivity index (χ4v) is 7.05. The van der Waals surface area contributed by atoms with E-state index in [-0.39, 0.29) is 49.4 Å². The van der Waals surface area contributed by atoms with E-state index in [4.69, 9.17) is 9.47 Å². The van der Waals surface area contributed by atoms with Gasteiger partial charge in [-0.2, -0.15) is 0 Å². The molecule has 0 fully saturated rings. The molecular weight excluding hydrogens is 652 g/mol. The molecule has 0 spiro atoms. The van der Waals surface area contributed by atoms with Crippen LogP contribution in [0.2, 0.25) is 0 Å². The summed E-state index contributed by atoms with van der Waals surface area (Å²) in [5.74, 6) is -0.947. The fraction of sp³-hybridized carbons (Fsp3) is 0.341. The van der Waals surface area contributed by atoms with Gasteiger partial charge in [0.25, 0.3) is 0 Å². The maximum Gasteiger partial charge on any atom is 0.309 e. The van der Waals surface area contributed by atoms with Crippen molar-refractivity contribution < 1.29 is 29.0 Å². The number of amides is 2. The molecule has 6 rings (SSSR count). The second kappa shape index (κ2) is 18.3. The number of carbonyl (C=O) groups is 3. The van der Waals surface area contributed by atoms with Crippen LogP contribution in [0.4, 0.5) is 0 Å². The quantitative estimate of drug-likeness (QED) is 0.147. The molecule has 0 bridgehead atoms. The summed E-state index contributed by atoms with van der Waals surface area (Å²) in [6, 6.07) is 34.7. The molecule has 2 N–H and O–H groups in total. The number of rotatable bonds is 10. The Balaban J connectivity index is 1.18. The SMILES string of the molecule is O=C1N[C@@H](Cc2ccc(OCc3ccccc3)cc2)COC(=O)[C@@H](Cc2ccccc2)CCC=CC[C@@H]1CC(=O)N1Cc2ccccc2C[C@H]1CO. The van der Waals surface area contributed by atoms with Gasteiger partial charge < -0.3 is 24.8 Å². The van der Waals surface area contributed by atoms with Crippen LogP contribution >= 0.6 is 0 Å². The lowest BCUT2D eigenvalue weighted by Crippen LogP contribution is -2.48. The van der Waals surface area contributed by atoms with E-state index in [0.717, 1.165) is 33.6 Å². The summed E-state index contributed by atoms with van der Waals surface area (Å²) in [5, 5.41) is 13.4. The van der Waals surface area contributed by atoms with E-state index >= 15 is 0 Å². The molecule has 0 radical (unpaired) electrons. The van der Waals surface area contributed by atoms with Gasteiger partial charge >= 0.3 is 5.97 Å². The summed E-state index contributed by atoms with van der Waals surface area (Å²) in [6.45, 7) is 0.712. The molecule has 0 saturated heterocycles. The first-order valence-corrected chi connectivity index (χ1v) is 18.3. The smallest absolute Gasteiger partial charge is 0.309 e. The van der Waals surface area contributed by atoms with Crippen molar-refractivity contribution in [3.05, 3.63) is 149 Å². The van der Waals surface area contributed by atoms with Crippen LogP contribution in [-0.2, 0) is 51.5 Å². The highest BCUT2D eigenvalue weighted by atomic mass is 16.5. The van der Waals surface area contributed by atoms with Gasteiger partial charge in [-0.15, -0.1) is 0 Å². The zero-order valence-electron chi connectivity index (χ0n) is 29.6. The van der Waals surface area contributed by atoms with Gasteiger partial charge in [-0.1, -0.05) is 109 Å². The Kier molecular flexibility index (Phi) is 12.9. The highest BCUT2D eigenvalue weighted by Crippen LogP contribution is 2.26. The topological polar surface area (TPSA) is 105 Å². The predicted octanol–water partition coefficient (Wildman–Crippen LogP) is 6.39. The van der Waals surface area contributed by atoms with Gasteiger partial charge in [0.2, 0.25) is 11.8 Å². The molecular formula is C44H48N2O6. The second-order valence-corrected chi connectivity index (χ2v) is 13.9. The normalized spacial score (nSPS) is 21.1. The summed E-state index contributed by atoms with van der Waals surface area (Å²) < 4.78 is 11.9. The Morgan fingerprint density at radius 1 is 0.788 bits per heavy atom. The molecule has 2 amide bonds. The molecule has 2 aliphatic heterocycles. The third kappa shape index (κ3) is 10.2. The van der Waals surface area contributed by atoms with E-state index in [9.17, 15) is 19.5 Å². The number of cyclic esters (lactones) is 1. The molecule has 2 aliphatic rings. The number of aliphatic hydroxyl groups is 1. The van der Waals surface area contributed by atoms with Crippen molar-refractivity contribution in [1.29, 1.82) is 0 Å². The maximum atomic E-state index is 14.0. The number of ether oxygens (including phenoxy) is 2. The van der Waals surface area contributed by atoms with E-state index in [0.29, 0.717) is 51.7 Å². The van der Waals surface area contributed by atoms with Gasteiger partial charge in [0.15, 0.2) is 0 Å². The fourth-order valence-electron chi connectivity index (χ4n) is 7.05. The third-order valence-electron chi connectivity index (χ3n) is 10.0. The highest BCUT2D eigenvalue weighted by Gasteiger charge is 2.33. The van der Waals surface area contributed by atoms with Crippen LogP contribution < -0.4 is 10.1 Å². The molecule has 270 valence electrons. The number of esters is 1. The number of aliphatic hydroxyl groups excluding tert-OH is 1. The van der Waals surface area contributed by atoms with Crippen molar-refractivity contribution in [3.63, 3.8) is 0 Å². The van der Waals surface area contributed by atoms with E-state index in [1.165, 1.54) is 0 Å². The predicted molar refractivity (Wildman–Crippen MR) is 200 cm³/mol. The van der Waals surface area contributed by atoms with Crippen LogP contribution in [0.15, 0.2) is 121 Å². The zero-order valence-corrected chi connectivity index (χ0v) is 29.6. The number of hydrogen-bond donors (Lipinski definition) is 2. The van der Waals surface area contributed by atoms with Crippen LogP contribution in [0.25, 0.3) is 0 Å². The number of fused-ring (bicyclic) bond motifs is 1. The average molecular weight is 701 g/mol. The van der Waals surface area contributed by atoms with Crippen LogP contribution in [0.5, 0.6) is 5.75 Å². The molecule has 4 aromatic carbocycles. The maximum absolute atomic E-state index is 14.0. The molecule has 2 heterocycles. The van der Waals surface area contributed by atoms with Crippen molar-refractivity contribution >= 4 is 17.8 Å². The van der Waals surface area contributed by atoms with Gasteiger partial charge in [0, 0.05) is 13.0 Å². The molecule has 0 aliphatic carbocycles. The second-order valence-electron chi connectivity index (χ2n) is 13.9. The van der Waals surface area contributed by atoms with E-state index in [1.54, 1.807) is 4.90 Å². The third-order valence-corrected chi connectivity index (χ3v) is 10.0. The first-order valence-electron chi connectivity index (χ1n) is 18.3. The minimum absolute atomic E-state index is 0.00539. The van der Waals surface area contributed by atoms with Gasteiger partial charge in [-0.05, 0) is 78.5 Å². The Hall–Kier alpha value is -5.21. The van der Waals surface area contributed by atoms with Crippen LogP contribution in [0, 0.1) is 11.8 Å². The van der Waals surface area contributed by atoms with E-state index in [1.807, 2.05) is 121 Å². The van der Waals surface area contributed by atoms with E-state index in [2.05, 4.69) is 5.32 Å². The number of nitrogens with one attached hydrogen (secondary N) is 1. The minimum Gasteiger partial charge on any atom is -0.489 e. The monoisotopic (exact) mass is 700 g/mol. The average Bonchev–Trinajstić information content (AvgIpc) is 3.19. The van der Waals surface area contributed by atoms with Crippen molar-refractivity contribution in [3.8, 4) is 5.75 Å². The number of benzene rings is 4. The van der Waals surface area contributed by atoms with Crippen molar-refractivity contribution in [2.24, 2.45) is 11.8 Å². The minimum atomic E-state index is -0.631. The van der Waals surface area contributed by atoms with Crippen LogP contribution in [0.3, 0.4) is 0 Å². The number of nitrogens with zero attached hydrogens (tertiary/aromatic N) is 1. The first-order chi connectivity index (χ1) is 25.4. The molecule has 8 nitrogen and oxygen atoms in total. The lowest BCUT2D eigenvalue weighted by atomic mass is 9.92. The lowest BCUT2D eigenvalue weighted by molar-refractivity contribution is -0.150. The molecule has 0 saturated carbocycles. The molecule has 4 atom stereocenters. The van der Waals surface area contributed by atoms with Gasteiger partial charge in [-0.3, -0.25) is 14.4 Å². The Morgan fingerprint density at radius 2 is 1.46 bits per heavy atom. The molecule has 52 heavy (non-hydrogen) atoms. The van der Waals surface area contributed by atoms with Crippen molar-refractivity contribution in [2.45, 2.75) is 70.2 Å². The Labute approximate surface area is 306 Å². The number of hydrogen-bond acceptors (Lipinski definition) is 6. The molecule has 4 aromatic rings. The summed E-state index contributed by atoms with van der Waals surface area (Å²) in [6.07, 6.45) is 7.16. The molecule has 0 aromatic heterocycles. The van der Waals surface area contributed by atoms with Crippen LogP contribution in [0.1, 0.15) is 53.5 Å². The summed E-state index contributed by atoms with van der Waals surface area (Å²) >= 11 is 0. The Morgan fingerprint density at radius 3 is 2.19 bits per heavy atom. The van der Waals surface area contributed by atoms with Crippen LogP contribution in [-0.4, -0.2) is 53.1 Å². The largest absolute Gasteiger partial charge is 0.489 e. The number of allylic oxidation sites excluding steroid dienone is 2. The summed E-state index contributed by atoms with van der Waals surface area (Å²) in [4.78, 5) is 43.1.